The van der Waals surface area contributed by atoms with Crippen LogP contribution in [0.1, 0.15) is 25.0 Å². The van der Waals surface area contributed by atoms with Crippen LogP contribution in [0.15, 0.2) is 35.5 Å². The molecule has 3 nitrogen and oxygen atoms in total. The molecular formula is C16H22N2O. The summed E-state index contributed by atoms with van der Waals surface area (Å²) in [6.07, 6.45) is 3.91. The molecule has 19 heavy (non-hydrogen) atoms. The highest BCUT2D eigenvalue weighted by molar-refractivity contribution is 6.10. The molecule has 3 heteroatoms. The third kappa shape index (κ3) is 3.47. The van der Waals surface area contributed by atoms with Gasteiger partial charge in [0.2, 0.25) is 0 Å². The number of allylic oxidation sites excluding steroid dienone is 3. The number of anilines is 1. The maximum absolute atomic E-state index is 5.40. The Labute approximate surface area is 115 Å². The Balaban J connectivity index is 3.41. The van der Waals surface area contributed by atoms with Crippen molar-refractivity contribution in [2.75, 3.05) is 19.5 Å². The molecule has 0 bridgehead atoms. The minimum atomic E-state index is 0.813. The second-order valence-corrected chi connectivity index (χ2v) is 4.35. The molecule has 1 rings (SSSR count). The Kier molecular flexibility index (Phi) is 5.37. The van der Waals surface area contributed by atoms with Crippen LogP contribution in [0.3, 0.4) is 0 Å². The van der Waals surface area contributed by atoms with Crippen molar-refractivity contribution >= 4 is 17.5 Å². The van der Waals surface area contributed by atoms with Crippen LogP contribution in [0.4, 0.5) is 5.69 Å². The molecule has 1 aromatic carbocycles. The van der Waals surface area contributed by atoms with Gasteiger partial charge in [0.1, 0.15) is 5.75 Å². The largest absolute Gasteiger partial charge is 0.495 e. The second kappa shape index (κ2) is 6.78. The van der Waals surface area contributed by atoms with Crippen LogP contribution in [0.5, 0.6) is 5.75 Å². The average Bonchev–Trinajstić information content (AvgIpc) is 2.38. The zero-order valence-corrected chi connectivity index (χ0v) is 12.4. The third-order valence-corrected chi connectivity index (χ3v) is 2.88. The van der Waals surface area contributed by atoms with Crippen molar-refractivity contribution in [2.24, 2.45) is 4.99 Å². The molecule has 0 aromatic heterocycles. The van der Waals surface area contributed by atoms with Gasteiger partial charge in [0.05, 0.1) is 12.8 Å². The third-order valence-electron chi connectivity index (χ3n) is 2.88. The lowest BCUT2D eigenvalue weighted by molar-refractivity contribution is 0.416. The predicted octanol–water partition coefficient (Wildman–Crippen LogP) is 4.05. The van der Waals surface area contributed by atoms with E-state index in [0.717, 1.165) is 33.8 Å². The Hall–Kier alpha value is -2.03. The highest BCUT2D eigenvalue weighted by atomic mass is 16.5. The average molecular weight is 258 g/mol. The summed E-state index contributed by atoms with van der Waals surface area (Å²) in [4.78, 5) is 4.10. The highest BCUT2D eigenvalue weighted by Crippen LogP contribution is 2.34. The molecule has 1 aromatic rings. The van der Waals surface area contributed by atoms with Gasteiger partial charge in [-0.3, -0.25) is 4.99 Å². The van der Waals surface area contributed by atoms with Gasteiger partial charge in [-0.05, 0) is 43.5 Å². The SMILES string of the molecule is C=C(C)Nc1c(OC)ccc(C(/C=N\C)=C/C)c1C. The fourth-order valence-corrected chi connectivity index (χ4v) is 1.98. The molecule has 0 radical (unpaired) electrons. The van der Waals surface area contributed by atoms with E-state index >= 15 is 0 Å². The Morgan fingerprint density at radius 1 is 1.42 bits per heavy atom. The van der Waals surface area contributed by atoms with Gasteiger partial charge in [-0.1, -0.05) is 18.7 Å². The number of aliphatic imine (C=N–C) groups is 1. The van der Waals surface area contributed by atoms with Crippen molar-refractivity contribution in [1.82, 2.24) is 0 Å². The lowest BCUT2D eigenvalue weighted by Gasteiger charge is -2.17. The standard InChI is InChI=1S/C16H22N2O/c1-7-13(10-17-5)14-8-9-15(19-6)16(12(14)4)18-11(2)3/h7-10,18H,2H2,1,3-6H3/b13-7+,17-10-. The Bertz CT molecular complexity index is 528. The lowest BCUT2D eigenvalue weighted by atomic mass is 9.98. The Morgan fingerprint density at radius 3 is 2.58 bits per heavy atom. The summed E-state index contributed by atoms with van der Waals surface area (Å²) >= 11 is 0. The van der Waals surface area contributed by atoms with Crippen LogP contribution in [0.2, 0.25) is 0 Å². The van der Waals surface area contributed by atoms with Gasteiger partial charge >= 0.3 is 0 Å². The first-order valence-electron chi connectivity index (χ1n) is 6.24. The predicted molar refractivity (Wildman–Crippen MR) is 84.2 cm³/mol. The minimum absolute atomic E-state index is 0.813. The van der Waals surface area contributed by atoms with Crippen LogP contribution in [0, 0.1) is 6.92 Å². The van der Waals surface area contributed by atoms with Crippen molar-refractivity contribution < 1.29 is 4.74 Å². The zero-order valence-electron chi connectivity index (χ0n) is 12.4. The van der Waals surface area contributed by atoms with Gasteiger partial charge in [-0.25, -0.2) is 0 Å². The molecule has 0 fully saturated rings. The maximum Gasteiger partial charge on any atom is 0.142 e. The molecule has 1 N–H and O–H groups in total. The molecule has 0 spiro atoms. The first kappa shape index (κ1) is 15.0. The van der Waals surface area contributed by atoms with Gasteiger partial charge in [0.25, 0.3) is 0 Å². The Morgan fingerprint density at radius 2 is 2.11 bits per heavy atom. The number of rotatable bonds is 5. The number of hydrogen-bond donors (Lipinski definition) is 1. The van der Waals surface area contributed by atoms with Gasteiger partial charge in [-0.2, -0.15) is 0 Å². The van der Waals surface area contributed by atoms with Gasteiger partial charge in [-0.15, -0.1) is 0 Å². The summed E-state index contributed by atoms with van der Waals surface area (Å²) in [5, 5.41) is 3.26. The van der Waals surface area contributed by atoms with E-state index in [1.54, 1.807) is 14.2 Å². The van der Waals surface area contributed by atoms with Crippen LogP contribution in [0.25, 0.3) is 5.57 Å². The van der Waals surface area contributed by atoms with E-state index in [2.05, 4.69) is 29.9 Å². The van der Waals surface area contributed by atoms with Crippen molar-refractivity contribution in [3.8, 4) is 5.75 Å². The molecule has 0 aliphatic heterocycles. The topological polar surface area (TPSA) is 33.6 Å². The van der Waals surface area contributed by atoms with E-state index in [9.17, 15) is 0 Å². The summed E-state index contributed by atoms with van der Waals surface area (Å²) in [6, 6.07) is 4.01. The first-order chi connectivity index (χ1) is 9.04. The summed E-state index contributed by atoms with van der Waals surface area (Å²) in [6.45, 7) is 9.89. The van der Waals surface area contributed by atoms with Crippen molar-refractivity contribution in [3.63, 3.8) is 0 Å². The molecule has 0 unspecified atom stereocenters. The first-order valence-corrected chi connectivity index (χ1v) is 6.24. The van der Waals surface area contributed by atoms with Crippen molar-refractivity contribution in [1.29, 1.82) is 0 Å². The zero-order chi connectivity index (χ0) is 14.4. The van der Waals surface area contributed by atoms with E-state index in [1.807, 2.05) is 32.2 Å². The lowest BCUT2D eigenvalue weighted by Crippen LogP contribution is -2.02. The van der Waals surface area contributed by atoms with E-state index in [0.29, 0.717) is 0 Å². The number of benzene rings is 1. The van der Waals surface area contributed by atoms with Crippen LogP contribution >= 0.6 is 0 Å². The number of nitrogens with one attached hydrogen (secondary N) is 1. The maximum atomic E-state index is 5.40. The fourth-order valence-electron chi connectivity index (χ4n) is 1.98. The molecule has 0 saturated carbocycles. The smallest absolute Gasteiger partial charge is 0.142 e. The quantitative estimate of drug-likeness (QED) is 0.808. The van der Waals surface area contributed by atoms with Crippen LogP contribution in [-0.4, -0.2) is 20.4 Å². The summed E-state index contributed by atoms with van der Waals surface area (Å²) < 4.78 is 5.40. The summed E-state index contributed by atoms with van der Waals surface area (Å²) in [5.41, 5.74) is 5.18. The number of ether oxygens (including phenoxy) is 1. The van der Waals surface area contributed by atoms with E-state index in [-0.39, 0.29) is 0 Å². The molecule has 0 saturated heterocycles. The van der Waals surface area contributed by atoms with E-state index in [4.69, 9.17) is 4.74 Å². The fraction of sp³-hybridized carbons (Fsp3) is 0.312. The molecule has 0 aliphatic rings. The normalized spacial score (nSPS) is 11.7. The second-order valence-electron chi connectivity index (χ2n) is 4.35. The summed E-state index contributed by atoms with van der Waals surface area (Å²) in [7, 11) is 3.44. The van der Waals surface area contributed by atoms with Crippen LogP contribution in [-0.2, 0) is 0 Å². The highest BCUT2D eigenvalue weighted by Gasteiger charge is 2.12. The van der Waals surface area contributed by atoms with Crippen molar-refractivity contribution in [3.05, 3.63) is 41.6 Å². The number of methoxy groups -OCH3 is 1. The molecule has 0 heterocycles. The van der Waals surface area contributed by atoms with Gasteiger partial charge in [0, 0.05) is 19.0 Å². The number of nitrogens with zero attached hydrogens (tertiary/aromatic N) is 1. The molecular weight excluding hydrogens is 236 g/mol. The van der Waals surface area contributed by atoms with E-state index < -0.39 is 0 Å². The number of hydrogen-bond acceptors (Lipinski definition) is 3. The molecule has 102 valence electrons. The molecule has 0 atom stereocenters. The van der Waals surface area contributed by atoms with Crippen molar-refractivity contribution in [2.45, 2.75) is 20.8 Å². The minimum Gasteiger partial charge on any atom is -0.495 e. The molecule has 0 aliphatic carbocycles. The van der Waals surface area contributed by atoms with Gasteiger partial charge < -0.3 is 10.1 Å². The molecule has 0 amide bonds. The van der Waals surface area contributed by atoms with E-state index in [1.165, 1.54) is 0 Å². The van der Waals surface area contributed by atoms with Crippen LogP contribution < -0.4 is 10.1 Å². The van der Waals surface area contributed by atoms with Gasteiger partial charge in [0.15, 0.2) is 0 Å². The monoisotopic (exact) mass is 258 g/mol. The summed E-state index contributed by atoms with van der Waals surface area (Å²) in [5.74, 6) is 0.813.